The molecule has 1 saturated heterocycles. The van der Waals surface area contributed by atoms with Crippen molar-refractivity contribution in [2.45, 2.75) is 19.4 Å². The lowest BCUT2D eigenvalue weighted by Crippen LogP contribution is -2.42. The maximum atomic E-state index is 10.8. The molecule has 1 aliphatic heterocycles. The van der Waals surface area contributed by atoms with Gasteiger partial charge in [0.2, 0.25) is 5.91 Å². The third kappa shape index (κ3) is 3.26. The summed E-state index contributed by atoms with van der Waals surface area (Å²) in [7, 11) is -2.72. The van der Waals surface area contributed by atoms with Crippen molar-refractivity contribution < 1.29 is 13.2 Å². The van der Waals surface area contributed by atoms with E-state index in [2.05, 4.69) is 5.32 Å². The second-order valence-electron chi connectivity index (χ2n) is 3.81. The molecule has 1 atom stereocenters. The quantitative estimate of drug-likeness (QED) is 0.614. The number of hydrogen-bond acceptors (Lipinski definition) is 4. The molecule has 3 N–H and O–H groups in total. The number of sulfone groups is 1. The van der Waals surface area contributed by atoms with Crippen LogP contribution in [-0.2, 0) is 14.6 Å². The van der Waals surface area contributed by atoms with E-state index < -0.39 is 9.84 Å². The van der Waals surface area contributed by atoms with Gasteiger partial charge in [-0.1, -0.05) is 0 Å². The third-order valence-electron chi connectivity index (χ3n) is 2.41. The Hall–Kier alpha value is -0.620. The van der Waals surface area contributed by atoms with Gasteiger partial charge < -0.3 is 11.1 Å². The summed E-state index contributed by atoms with van der Waals surface area (Å²) in [6.07, 6.45) is 0.789. The molecule has 0 bridgehead atoms. The molecule has 1 unspecified atom stereocenters. The van der Waals surface area contributed by atoms with E-state index in [1.54, 1.807) is 6.92 Å². The van der Waals surface area contributed by atoms with Gasteiger partial charge in [0.25, 0.3) is 0 Å². The summed E-state index contributed by atoms with van der Waals surface area (Å²) in [5.41, 5.74) is 5.05. The van der Waals surface area contributed by atoms with Crippen LogP contribution in [-0.4, -0.2) is 38.4 Å². The van der Waals surface area contributed by atoms with Gasteiger partial charge in [0, 0.05) is 0 Å². The number of carbonyl (C=O) groups excluding carboxylic acids is 1. The first-order valence-corrected chi connectivity index (χ1v) is 6.46. The van der Waals surface area contributed by atoms with Crippen LogP contribution in [0.4, 0.5) is 0 Å². The molecule has 1 amide bonds. The molecule has 0 aromatic heterocycles. The molecule has 0 spiro atoms. The second kappa shape index (κ2) is 4.27. The zero-order chi connectivity index (χ0) is 10.8. The standard InChI is InChI=1S/C8H16N2O3S/c1-6(8(9)11)10-3-2-7-4-14(12,13)5-7/h6-7,10H,2-5H2,1H3,(H2,9,11). The number of nitrogens with one attached hydrogen (secondary N) is 1. The van der Waals surface area contributed by atoms with Gasteiger partial charge in [-0.05, 0) is 25.8 Å². The molecule has 1 aliphatic rings. The van der Waals surface area contributed by atoms with Crippen molar-refractivity contribution in [1.29, 1.82) is 0 Å². The normalized spacial score (nSPS) is 22.6. The Morgan fingerprint density at radius 1 is 1.57 bits per heavy atom. The highest BCUT2D eigenvalue weighted by Crippen LogP contribution is 2.20. The molecule has 0 aliphatic carbocycles. The van der Waals surface area contributed by atoms with Crippen LogP contribution in [0.3, 0.4) is 0 Å². The van der Waals surface area contributed by atoms with Gasteiger partial charge in [0.05, 0.1) is 17.5 Å². The Morgan fingerprint density at radius 3 is 2.57 bits per heavy atom. The summed E-state index contributed by atoms with van der Waals surface area (Å²) in [6.45, 7) is 2.34. The molecule has 5 nitrogen and oxygen atoms in total. The SMILES string of the molecule is CC(NCCC1CS(=O)(=O)C1)C(N)=O. The van der Waals surface area contributed by atoms with E-state index in [1.807, 2.05) is 0 Å². The van der Waals surface area contributed by atoms with Gasteiger partial charge in [-0.2, -0.15) is 0 Å². The lowest BCUT2D eigenvalue weighted by molar-refractivity contribution is -0.119. The van der Waals surface area contributed by atoms with Crippen molar-refractivity contribution in [2.24, 2.45) is 11.7 Å². The van der Waals surface area contributed by atoms with Crippen molar-refractivity contribution >= 4 is 15.7 Å². The van der Waals surface area contributed by atoms with Gasteiger partial charge in [0.1, 0.15) is 0 Å². The molecular weight excluding hydrogens is 204 g/mol. The lowest BCUT2D eigenvalue weighted by atomic mass is 10.1. The van der Waals surface area contributed by atoms with Crippen LogP contribution in [0.25, 0.3) is 0 Å². The largest absolute Gasteiger partial charge is 0.368 e. The fourth-order valence-electron chi connectivity index (χ4n) is 1.44. The number of amides is 1. The lowest BCUT2D eigenvalue weighted by Gasteiger charge is -2.25. The van der Waals surface area contributed by atoms with Crippen molar-refractivity contribution in [1.82, 2.24) is 5.32 Å². The van der Waals surface area contributed by atoms with Crippen molar-refractivity contribution in [3.8, 4) is 0 Å². The first-order chi connectivity index (χ1) is 6.41. The Labute approximate surface area is 84.0 Å². The van der Waals surface area contributed by atoms with Gasteiger partial charge in [-0.15, -0.1) is 0 Å². The molecule has 0 aromatic carbocycles. The van der Waals surface area contributed by atoms with E-state index >= 15 is 0 Å². The summed E-state index contributed by atoms with van der Waals surface area (Å²) >= 11 is 0. The number of hydrogen-bond donors (Lipinski definition) is 2. The van der Waals surface area contributed by atoms with E-state index in [0.29, 0.717) is 18.1 Å². The number of rotatable bonds is 5. The average Bonchev–Trinajstić information content (AvgIpc) is 2.00. The Morgan fingerprint density at radius 2 is 2.14 bits per heavy atom. The van der Waals surface area contributed by atoms with Gasteiger partial charge in [0.15, 0.2) is 9.84 Å². The molecule has 0 saturated carbocycles. The van der Waals surface area contributed by atoms with Gasteiger partial charge in [-0.25, -0.2) is 8.42 Å². The topological polar surface area (TPSA) is 89.3 Å². The molecule has 6 heteroatoms. The van der Waals surface area contributed by atoms with E-state index in [-0.39, 0.29) is 17.9 Å². The van der Waals surface area contributed by atoms with E-state index in [0.717, 1.165) is 6.42 Å². The molecule has 1 heterocycles. The van der Waals surface area contributed by atoms with Crippen LogP contribution in [0.5, 0.6) is 0 Å². The smallest absolute Gasteiger partial charge is 0.234 e. The highest BCUT2D eigenvalue weighted by molar-refractivity contribution is 7.92. The predicted octanol–water partition coefficient (Wildman–Crippen LogP) is -1.12. The highest BCUT2D eigenvalue weighted by Gasteiger charge is 2.32. The average molecular weight is 220 g/mol. The highest BCUT2D eigenvalue weighted by atomic mass is 32.2. The Bertz CT molecular complexity index is 301. The first-order valence-electron chi connectivity index (χ1n) is 4.64. The fourth-order valence-corrected chi connectivity index (χ4v) is 3.11. The minimum Gasteiger partial charge on any atom is -0.368 e. The number of primary amides is 1. The summed E-state index contributed by atoms with van der Waals surface area (Å²) in [4.78, 5) is 10.6. The molecular formula is C8H16N2O3S. The first kappa shape index (κ1) is 11.5. The molecule has 1 fully saturated rings. The number of nitrogens with two attached hydrogens (primary N) is 1. The summed E-state index contributed by atoms with van der Waals surface area (Å²) in [5.74, 6) is 0.456. The van der Waals surface area contributed by atoms with Crippen LogP contribution in [0.15, 0.2) is 0 Å². The molecule has 14 heavy (non-hydrogen) atoms. The van der Waals surface area contributed by atoms with E-state index in [4.69, 9.17) is 5.73 Å². The minimum absolute atomic E-state index is 0.257. The molecule has 0 aromatic rings. The van der Waals surface area contributed by atoms with Crippen LogP contribution in [0, 0.1) is 5.92 Å². The second-order valence-corrected chi connectivity index (χ2v) is 5.96. The Balaban J connectivity index is 2.09. The summed E-state index contributed by atoms with van der Waals surface area (Å²) < 4.78 is 21.6. The maximum Gasteiger partial charge on any atom is 0.234 e. The van der Waals surface area contributed by atoms with Crippen LogP contribution in [0.2, 0.25) is 0 Å². The summed E-state index contributed by atoms with van der Waals surface area (Å²) in [6, 6.07) is -0.341. The van der Waals surface area contributed by atoms with Crippen molar-refractivity contribution in [2.75, 3.05) is 18.1 Å². The van der Waals surface area contributed by atoms with Gasteiger partial charge in [-0.3, -0.25) is 4.79 Å². The zero-order valence-electron chi connectivity index (χ0n) is 8.19. The van der Waals surface area contributed by atoms with E-state index in [1.165, 1.54) is 0 Å². The summed E-state index contributed by atoms with van der Waals surface area (Å²) in [5, 5.41) is 2.94. The fraction of sp³-hybridized carbons (Fsp3) is 0.875. The van der Waals surface area contributed by atoms with Crippen molar-refractivity contribution in [3.05, 3.63) is 0 Å². The number of carbonyl (C=O) groups is 1. The van der Waals surface area contributed by atoms with E-state index in [9.17, 15) is 13.2 Å². The molecule has 1 rings (SSSR count). The monoisotopic (exact) mass is 220 g/mol. The van der Waals surface area contributed by atoms with Crippen LogP contribution >= 0.6 is 0 Å². The van der Waals surface area contributed by atoms with Gasteiger partial charge >= 0.3 is 0 Å². The van der Waals surface area contributed by atoms with Crippen molar-refractivity contribution in [3.63, 3.8) is 0 Å². The third-order valence-corrected chi connectivity index (χ3v) is 4.37. The minimum atomic E-state index is -2.72. The Kier molecular flexibility index (Phi) is 3.49. The predicted molar refractivity (Wildman–Crippen MR) is 53.4 cm³/mol. The molecule has 82 valence electrons. The zero-order valence-corrected chi connectivity index (χ0v) is 9.01. The molecule has 0 radical (unpaired) electrons. The van der Waals surface area contributed by atoms with Crippen LogP contribution < -0.4 is 11.1 Å². The van der Waals surface area contributed by atoms with Crippen LogP contribution in [0.1, 0.15) is 13.3 Å². The maximum absolute atomic E-state index is 10.8.